The van der Waals surface area contributed by atoms with Crippen molar-refractivity contribution in [1.29, 1.82) is 0 Å². The molecule has 0 atom stereocenters. The lowest BCUT2D eigenvalue weighted by Crippen LogP contribution is -2.44. The van der Waals surface area contributed by atoms with E-state index in [1.54, 1.807) is 7.11 Å². The number of hydrogen-bond donors (Lipinski definition) is 1. The summed E-state index contributed by atoms with van der Waals surface area (Å²) in [5.41, 5.74) is 5.00. The van der Waals surface area contributed by atoms with Crippen molar-refractivity contribution in [3.63, 3.8) is 0 Å². The molecular formula is C39H44Cl2N10O. The van der Waals surface area contributed by atoms with E-state index < -0.39 is 0 Å². The lowest BCUT2D eigenvalue weighted by Gasteiger charge is -2.33. The van der Waals surface area contributed by atoms with Gasteiger partial charge in [0.15, 0.2) is 11.6 Å². The molecule has 0 spiro atoms. The summed E-state index contributed by atoms with van der Waals surface area (Å²) in [6.45, 7) is 8.69. The van der Waals surface area contributed by atoms with Crippen molar-refractivity contribution in [2.75, 3.05) is 83.4 Å². The van der Waals surface area contributed by atoms with Crippen LogP contribution in [0.3, 0.4) is 0 Å². The highest BCUT2D eigenvalue weighted by molar-refractivity contribution is 6.32. The minimum Gasteiger partial charge on any atom is -0.497 e. The highest BCUT2D eigenvalue weighted by Gasteiger charge is 2.22. The summed E-state index contributed by atoms with van der Waals surface area (Å²) < 4.78 is 7.26. The molecule has 11 nitrogen and oxygen atoms in total. The first kappa shape index (κ1) is 35.7. The van der Waals surface area contributed by atoms with Gasteiger partial charge < -0.3 is 24.3 Å². The van der Waals surface area contributed by atoms with Gasteiger partial charge in [0.2, 0.25) is 0 Å². The molecule has 7 aromatic rings. The normalized spacial score (nSPS) is 15.6. The highest BCUT2D eigenvalue weighted by Crippen LogP contribution is 2.34. The van der Waals surface area contributed by atoms with E-state index in [1.807, 2.05) is 59.4 Å². The summed E-state index contributed by atoms with van der Waals surface area (Å²) in [6, 6.07) is 19.8. The Balaban J connectivity index is 0.000000168. The van der Waals surface area contributed by atoms with Crippen molar-refractivity contribution >= 4 is 78.4 Å². The minimum absolute atomic E-state index is 0. The zero-order valence-corrected chi connectivity index (χ0v) is 30.5. The van der Waals surface area contributed by atoms with Crippen LogP contribution < -0.4 is 14.5 Å². The maximum atomic E-state index is 6.31. The Bertz CT molecular complexity index is 2320. The molecule has 6 heterocycles. The zero-order valence-electron chi connectivity index (χ0n) is 29.0. The number of hydrogen-bond acceptors (Lipinski definition) is 9. The molecule has 0 saturated carbocycles. The third-order valence-corrected chi connectivity index (χ3v) is 10.4. The number of nitrogens with zero attached hydrogens (tertiary/aromatic N) is 9. The number of fused-ring (bicyclic) bond motifs is 6. The molecule has 1 N–H and O–H groups in total. The van der Waals surface area contributed by atoms with E-state index in [-0.39, 0.29) is 7.43 Å². The predicted molar refractivity (Wildman–Crippen MR) is 215 cm³/mol. The number of pyridine rings is 2. The van der Waals surface area contributed by atoms with Gasteiger partial charge in [0.1, 0.15) is 16.8 Å². The van der Waals surface area contributed by atoms with Gasteiger partial charge in [-0.2, -0.15) is 10.2 Å². The molecule has 0 bridgehead atoms. The predicted octanol–water partition coefficient (Wildman–Crippen LogP) is 7.20. The quantitative estimate of drug-likeness (QED) is 0.197. The van der Waals surface area contributed by atoms with Gasteiger partial charge in [-0.05, 0) is 68.2 Å². The molecule has 2 aliphatic rings. The molecule has 2 aliphatic heterocycles. The minimum atomic E-state index is 0. The number of ether oxygens (including phenoxy) is 1. The molecule has 0 aliphatic carbocycles. The number of rotatable bonds is 5. The van der Waals surface area contributed by atoms with E-state index >= 15 is 0 Å². The van der Waals surface area contributed by atoms with E-state index in [2.05, 4.69) is 62.2 Å². The average molecular weight is 740 g/mol. The van der Waals surface area contributed by atoms with E-state index in [4.69, 9.17) is 43.0 Å². The number of nitrogens with one attached hydrogen (secondary N) is 1. The lowest BCUT2D eigenvalue weighted by atomic mass is 10.1. The first-order chi connectivity index (χ1) is 24.8. The molecule has 0 amide bonds. The van der Waals surface area contributed by atoms with Gasteiger partial charge in [-0.15, -0.1) is 0 Å². The summed E-state index contributed by atoms with van der Waals surface area (Å²) in [5.74, 6) is 2.80. The summed E-state index contributed by atoms with van der Waals surface area (Å²) in [6.07, 6.45) is 3.97. The van der Waals surface area contributed by atoms with E-state index in [0.29, 0.717) is 11.6 Å². The van der Waals surface area contributed by atoms with Crippen LogP contribution in [0, 0.1) is 0 Å². The van der Waals surface area contributed by atoms with Crippen molar-refractivity contribution in [3.05, 3.63) is 88.7 Å². The second-order valence-electron chi connectivity index (χ2n) is 13.4. The number of likely N-dealkylation sites (N-methyl/N-ethyl adjacent to an activating group) is 2. The third-order valence-electron chi connectivity index (χ3n) is 9.90. The maximum Gasteiger partial charge on any atom is 0.157 e. The van der Waals surface area contributed by atoms with E-state index in [0.717, 1.165) is 118 Å². The van der Waals surface area contributed by atoms with Crippen molar-refractivity contribution in [2.24, 2.45) is 0 Å². The Hall–Kier alpha value is -4.68. The zero-order chi connectivity index (χ0) is 35.1. The fraction of sp³-hybridized carbons (Fsp3) is 0.333. The van der Waals surface area contributed by atoms with E-state index in [9.17, 15) is 0 Å². The summed E-state index contributed by atoms with van der Waals surface area (Å²) in [7, 11) is 5.99. The number of piperazine rings is 2. The van der Waals surface area contributed by atoms with Crippen molar-refractivity contribution in [3.8, 4) is 5.75 Å². The van der Waals surface area contributed by atoms with Gasteiger partial charge in [0.25, 0.3) is 0 Å². The van der Waals surface area contributed by atoms with Gasteiger partial charge in [-0.25, -0.2) is 9.97 Å². The van der Waals surface area contributed by atoms with Crippen LogP contribution in [-0.2, 0) is 6.54 Å². The number of benzene rings is 3. The molecule has 13 heteroatoms. The topological polar surface area (TPSA) is 94.5 Å². The van der Waals surface area contributed by atoms with Crippen LogP contribution in [-0.4, -0.2) is 113 Å². The molecule has 3 aromatic carbocycles. The van der Waals surface area contributed by atoms with Crippen LogP contribution in [0.15, 0.2) is 73.1 Å². The van der Waals surface area contributed by atoms with Crippen molar-refractivity contribution < 1.29 is 4.74 Å². The van der Waals surface area contributed by atoms with Crippen molar-refractivity contribution in [2.45, 2.75) is 14.0 Å². The van der Waals surface area contributed by atoms with Gasteiger partial charge in [0.05, 0.1) is 30.9 Å². The van der Waals surface area contributed by atoms with Gasteiger partial charge in [0, 0.05) is 90.1 Å². The maximum absolute atomic E-state index is 6.31. The number of aromatic nitrogens is 6. The summed E-state index contributed by atoms with van der Waals surface area (Å²) in [4.78, 5) is 19.2. The fourth-order valence-corrected chi connectivity index (χ4v) is 7.25. The van der Waals surface area contributed by atoms with Crippen LogP contribution in [0.25, 0.3) is 43.6 Å². The number of methoxy groups -OCH3 is 1. The lowest BCUT2D eigenvalue weighted by molar-refractivity contribution is 0.312. The SMILES string of the molecule is C.CN1CCN(c2nc3ccc(Cl)cc3c3cn[nH]c23)CC1.COc1ccc(Cn2cc3c(n2)c(N2CCN(C)CC2)nc2ccc(Cl)cc23)cc1. The van der Waals surface area contributed by atoms with Crippen molar-refractivity contribution in [1.82, 2.24) is 39.7 Å². The number of anilines is 2. The standard InChI is InChI=1S/C23H24ClN5O.C15H16ClN5.CH4/c1-27-9-11-28(12-10-27)23-22-20(19-13-17(24)5-8-21(19)25-23)15-29(26-22)14-16-3-6-18(30-2)7-4-16;1-20-4-6-21(7-5-20)15-14-12(9-17-19-14)11-8-10(16)2-3-13(11)18-15;/h3-8,13,15H,9-12,14H2,1-2H3;2-3,8-9H,4-7H2,1H3,(H,17,19);1H4. The molecule has 0 unspecified atom stereocenters. The number of aromatic amines is 1. The molecular weight excluding hydrogens is 695 g/mol. The van der Waals surface area contributed by atoms with E-state index in [1.165, 1.54) is 5.56 Å². The first-order valence-electron chi connectivity index (χ1n) is 17.2. The second-order valence-corrected chi connectivity index (χ2v) is 14.2. The molecule has 2 fully saturated rings. The molecule has 0 radical (unpaired) electrons. The Morgan fingerprint density at radius 1 is 0.692 bits per heavy atom. The molecule has 4 aromatic heterocycles. The number of halogens is 2. The van der Waals surface area contributed by atoms with Gasteiger partial charge >= 0.3 is 0 Å². The fourth-order valence-electron chi connectivity index (χ4n) is 6.91. The highest BCUT2D eigenvalue weighted by atomic mass is 35.5. The monoisotopic (exact) mass is 738 g/mol. The van der Waals surface area contributed by atoms with Crippen LogP contribution in [0.2, 0.25) is 10.0 Å². The van der Waals surface area contributed by atoms with Crippen LogP contribution >= 0.6 is 23.2 Å². The smallest absolute Gasteiger partial charge is 0.157 e. The molecule has 52 heavy (non-hydrogen) atoms. The Labute approximate surface area is 313 Å². The Morgan fingerprint density at radius 3 is 1.85 bits per heavy atom. The average Bonchev–Trinajstić information content (AvgIpc) is 3.81. The summed E-state index contributed by atoms with van der Waals surface area (Å²) >= 11 is 12.4. The summed E-state index contributed by atoms with van der Waals surface area (Å²) in [5, 5.41) is 17.9. The number of H-pyrrole nitrogens is 1. The first-order valence-corrected chi connectivity index (χ1v) is 18.0. The van der Waals surface area contributed by atoms with Gasteiger partial charge in [-0.1, -0.05) is 42.8 Å². The second kappa shape index (κ2) is 15.1. The van der Waals surface area contributed by atoms with Crippen LogP contribution in [0.4, 0.5) is 11.6 Å². The van der Waals surface area contributed by atoms with Crippen LogP contribution in [0.1, 0.15) is 13.0 Å². The molecule has 270 valence electrons. The molecule has 9 rings (SSSR count). The largest absolute Gasteiger partial charge is 0.497 e. The van der Waals surface area contributed by atoms with Gasteiger partial charge in [-0.3, -0.25) is 9.78 Å². The molecule has 2 saturated heterocycles. The third kappa shape index (κ3) is 7.18. The Morgan fingerprint density at radius 2 is 1.25 bits per heavy atom. The Kier molecular flexibility index (Phi) is 10.4. The van der Waals surface area contributed by atoms with Crippen LogP contribution in [0.5, 0.6) is 5.75 Å².